The molecule has 0 spiro atoms. The molecule has 2 aromatic carbocycles. The van der Waals surface area contributed by atoms with Crippen LogP contribution >= 0.6 is 15.9 Å². The highest BCUT2D eigenvalue weighted by atomic mass is 79.9. The zero-order valence-corrected chi connectivity index (χ0v) is 20.1. The van der Waals surface area contributed by atoms with Crippen LogP contribution in [0, 0.1) is 5.41 Å². The lowest BCUT2D eigenvalue weighted by molar-refractivity contribution is -0.0721. The Bertz CT molecular complexity index is 1070. The van der Waals surface area contributed by atoms with Gasteiger partial charge in [0.25, 0.3) is 0 Å². The van der Waals surface area contributed by atoms with Crippen LogP contribution in [-0.4, -0.2) is 51.2 Å². The van der Waals surface area contributed by atoms with Crippen molar-refractivity contribution in [1.29, 1.82) is 5.41 Å². The molecule has 1 aliphatic heterocycles. The van der Waals surface area contributed by atoms with Gasteiger partial charge < -0.3 is 19.1 Å². The van der Waals surface area contributed by atoms with Crippen LogP contribution in [0.3, 0.4) is 0 Å². The van der Waals surface area contributed by atoms with Crippen LogP contribution in [0.25, 0.3) is 11.5 Å². The third kappa shape index (κ3) is 5.38. The fourth-order valence-electron chi connectivity index (χ4n) is 3.77. The Morgan fingerprint density at radius 3 is 2.62 bits per heavy atom. The van der Waals surface area contributed by atoms with E-state index in [9.17, 15) is 4.55 Å². The summed E-state index contributed by atoms with van der Waals surface area (Å²) in [4.78, 5) is 2.86. The van der Waals surface area contributed by atoms with E-state index in [1.807, 2.05) is 38.1 Å². The lowest BCUT2D eigenvalue weighted by Crippen LogP contribution is -2.44. The van der Waals surface area contributed by atoms with E-state index in [1.54, 1.807) is 18.2 Å². The fourth-order valence-corrected chi connectivity index (χ4v) is 5.12. The van der Waals surface area contributed by atoms with Gasteiger partial charge in [-0.05, 0) is 38.1 Å². The van der Waals surface area contributed by atoms with E-state index in [0.717, 1.165) is 17.6 Å². The Hall–Kier alpha value is -2.24. The van der Waals surface area contributed by atoms with E-state index in [4.69, 9.17) is 14.6 Å². The number of anilines is 1. The van der Waals surface area contributed by atoms with Gasteiger partial charge in [0.2, 0.25) is 11.8 Å². The summed E-state index contributed by atoms with van der Waals surface area (Å²) in [5, 5.41) is 16.4. The first-order chi connectivity index (χ1) is 15.4. The Kier molecular flexibility index (Phi) is 7.27. The predicted molar refractivity (Wildman–Crippen MR) is 127 cm³/mol. The molecule has 8 nitrogen and oxygen atoms in total. The largest absolute Gasteiger partial charge is 0.588 e. The van der Waals surface area contributed by atoms with Crippen molar-refractivity contribution in [3.63, 3.8) is 0 Å². The van der Waals surface area contributed by atoms with Crippen LogP contribution in [0.1, 0.15) is 25.3 Å². The van der Waals surface area contributed by atoms with Crippen molar-refractivity contribution in [2.24, 2.45) is 0 Å². The summed E-state index contributed by atoms with van der Waals surface area (Å²) in [5.41, 5.74) is 1.63. The highest BCUT2D eigenvalue weighted by molar-refractivity contribution is 9.10. The molecular formula is C22H24BrN5O3S. The molecule has 3 aromatic rings. The first kappa shape index (κ1) is 22.9. The number of halogens is 1. The van der Waals surface area contributed by atoms with Gasteiger partial charge >= 0.3 is 0 Å². The smallest absolute Gasteiger partial charge is 0.248 e. The molecule has 2 heterocycles. The summed E-state index contributed by atoms with van der Waals surface area (Å²) in [5.74, 6) is 0.808. The Labute approximate surface area is 198 Å². The van der Waals surface area contributed by atoms with Gasteiger partial charge in [-0.25, -0.2) is 4.72 Å². The minimum atomic E-state index is -1.49. The van der Waals surface area contributed by atoms with Gasteiger partial charge in [0.15, 0.2) is 4.90 Å². The first-order valence-corrected chi connectivity index (χ1v) is 12.1. The van der Waals surface area contributed by atoms with E-state index >= 15 is 0 Å². The van der Waals surface area contributed by atoms with E-state index < -0.39 is 11.4 Å². The Morgan fingerprint density at radius 1 is 1.22 bits per heavy atom. The van der Waals surface area contributed by atoms with Gasteiger partial charge in [0.1, 0.15) is 11.4 Å². The van der Waals surface area contributed by atoms with Crippen molar-refractivity contribution in [3.05, 3.63) is 58.4 Å². The van der Waals surface area contributed by atoms with Crippen molar-refractivity contribution in [3.8, 4) is 11.5 Å². The topological polar surface area (TPSA) is 110 Å². The number of nitrogens with zero attached hydrogens (tertiary/aromatic N) is 3. The second-order valence-electron chi connectivity index (χ2n) is 7.70. The molecule has 0 bridgehead atoms. The summed E-state index contributed by atoms with van der Waals surface area (Å²) in [7, 11) is 0. The number of benzene rings is 2. The number of rotatable bonds is 7. The standard InChI is InChI=1S/C22H24BrN5O3S/c1-14-11-28(12-15(2)30-14)13-21-25-26-22(31-21)18-8-16(23)9-20(19(18)10-24)27-32(29)17-6-4-3-5-7-17/h3-10,14-15,24,27H,11-13H2,1-2H3/t14-,15+,32?. The van der Waals surface area contributed by atoms with Gasteiger partial charge in [-0.1, -0.05) is 34.1 Å². The van der Waals surface area contributed by atoms with Crippen LogP contribution < -0.4 is 4.72 Å². The molecule has 1 aliphatic rings. The van der Waals surface area contributed by atoms with E-state index in [-0.39, 0.29) is 12.2 Å². The molecule has 32 heavy (non-hydrogen) atoms. The summed E-state index contributed by atoms with van der Waals surface area (Å²) in [6, 6.07) is 12.7. The van der Waals surface area contributed by atoms with Crippen molar-refractivity contribution in [2.45, 2.75) is 37.5 Å². The second kappa shape index (κ2) is 10.1. The molecule has 2 N–H and O–H groups in total. The number of aromatic nitrogens is 2. The minimum Gasteiger partial charge on any atom is -0.588 e. The van der Waals surface area contributed by atoms with Gasteiger partial charge in [0, 0.05) is 29.3 Å². The third-order valence-electron chi connectivity index (χ3n) is 5.00. The molecule has 1 fully saturated rings. The highest BCUT2D eigenvalue weighted by Crippen LogP contribution is 2.33. The molecule has 168 valence electrons. The third-order valence-corrected chi connectivity index (χ3v) is 6.56. The molecule has 10 heteroatoms. The summed E-state index contributed by atoms with van der Waals surface area (Å²) < 4.78 is 28.2. The average Bonchev–Trinajstić information content (AvgIpc) is 3.21. The fraction of sp³-hybridized carbons (Fsp3) is 0.318. The quantitative estimate of drug-likeness (QED) is 0.356. The van der Waals surface area contributed by atoms with Crippen LogP contribution in [0.5, 0.6) is 0 Å². The molecule has 0 aliphatic carbocycles. The van der Waals surface area contributed by atoms with Gasteiger partial charge in [-0.2, -0.15) is 0 Å². The van der Waals surface area contributed by atoms with Crippen molar-refractivity contribution >= 4 is 39.2 Å². The number of hydrogen-bond donors (Lipinski definition) is 2. The average molecular weight is 518 g/mol. The molecule has 3 atom stereocenters. The van der Waals surface area contributed by atoms with E-state index in [0.29, 0.717) is 40.0 Å². The summed E-state index contributed by atoms with van der Waals surface area (Å²) in [6.07, 6.45) is 1.49. The Balaban J connectivity index is 1.58. The van der Waals surface area contributed by atoms with E-state index in [2.05, 4.69) is 35.7 Å². The summed E-state index contributed by atoms with van der Waals surface area (Å²) >= 11 is 2.01. The summed E-state index contributed by atoms with van der Waals surface area (Å²) in [6.45, 7) is 6.22. The van der Waals surface area contributed by atoms with Gasteiger partial charge in [-0.3, -0.25) is 4.90 Å². The molecule has 4 rings (SSSR count). The monoisotopic (exact) mass is 517 g/mol. The van der Waals surface area contributed by atoms with Crippen LogP contribution in [0.15, 0.2) is 56.2 Å². The SMILES string of the molecule is C[C@@H]1CN(Cc2nnc(-c3cc(Br)cc(N[S+]([O-])c4ccccc4)c3C=N)o2)C[C@H](C)O1. The maximum atomic E-state index is 12.8. The molecule has 0 amide bonds. The molecule has 0 radical (unpaired) electrons. The maximum absolute atomic E-state index is 12.8. The van der Waals surface area contributed by atoms with Crippen LogP contribution in [0.2, 0.25) is 0 Å². The first-order valence-electron chi connectivity index (χ1n) is 10.2. The normalized spacial score (nSPS) is 20.1. The van der Waals surface area contributed by atoms with E-state index in [1.165, 1.54) is 6.21 Å². The molecule has 0 saturated carbocycles. The molecular weight excluding hydrogens is 494 g/mol. The Morgan fingerprint density at radius 2 is 1.94 bits per heavy atom. The molecule has 1 saturated heterocycles. The maximum Gasteiger partial charge on any atom is 0.248 e. The zero-order chi connectivity index (χ0) is 22.7. The lowest BCUT2D eigenvalue weighted by Gasteiger charge is -2.34. The minimum absolute atomic E-state index is 0.148. The van der Waals surface area contributed by atoms with Crippen molar-refractivity contribution in [1.82, 2.24) is 15.1 Å². The molecule has 1 aromatic heterocycles. The zero-order valence-electron chi connectivity index (χ0n) is 17.7. The van der Waals surface area contributed by atoms with Crippen LogP contribution in [-0.2, 0) is 22.6 Å². The number of hydrogen-bond acceptors (Lipinski definition) is 8. The van der Waals surface area contributed by atoms with Crippen molar-refractivity contribution in [2.75, 3.05) is 17.8 Å². The van der Waals surface area contributed by atoms with Crippen molar-refractivity contribution < 1.29 is 13.7 Å². The number of morpholine rings is 1. The predicted octanol–water partition coefficient (Wildman–Crippen LogP) is 4.24. The number of ether oxygens (including phenoxy) is 1. The highest BCUT2D eigenvalue weighted by Gasteiger charge is 2.25. The van der Waals surface area contributed by atoms with Gasteiger partial charge in [0.05, 0.1) is 30.0 Å². The van der Waals surface area contributed by atoms with Gasteiger partial charge in [-0.15, -0.1) is 10.2 Å². The second-order valence-corrected chi connectivity index (χ2v) is 9.82. The number of nitrogens with one attached hydrogen (secondary N) is 2. The lowest BCUT2D eigenvalue weighted by atomic mass is 10.1. The van der Waals surface area contributed by atoms with Crippen LogP contribution in [0.4, 0.5) is 5.69 Å². The molecule has 1 unspecified atom stereocenters.